The molecule has 0 aromatic rings. The van der Waals surface area contributed by atoms with Crippen molar-refractivity contribution in [3.63, 3.8) is 0 Å². The Morgan fingerprint density at radius 3 is 2.67 bits per heavy atom. The minimum absolute atomic E-state index is 0.600. The van der Waals surface area contributed by atoms with Gasteiger partial charge in [-0.15, -0.1) is 0 Å². The molecule has 0 aromatic heterocycles. The van der Waals surface area contributed by atoms with Gasteiger partial charge in [-0.25, -0.2) is 0 Å². The van der Waals surface area contributed by atoms with Crippen molar-refractivity contribution >= 4 is 0 Å². The summed E-state index contributed by atoms with van der Waals surface area (Å²) in [6.45, 7) is 0.691. The fourth-order valence-electron chi connectivity index (χ4n) is 0.581. The van der Waals surface area contributed by atoms with Crippen LogP contribution in [0.2, 0.25) is 0 Å². The lowest BCUT2D eigenvalue weighted by Gasteiger charge is -2.05. The van der Waals surface area contributed by atoms with Gasteiger partial charge in [-0.1, -0.05) is 0 Å². The molecule has 0 saturated carbocycles. The second-order valence-electron chi connectivity index (χ2n) is 1.97. The number of hydrogen-bond donors (Lipinski definition) is 2. The number of nitrogens with two attached hydrogens (primary N) is 1. The van der Waals surface area contributed by atoms with Crippen LogP contribution in [-0.4, -0.2) is 25.1 Å². The van der Waals surface area contributed by atoms with Gasteiger partial charge in [0.1, 0.15) is 0 Å². The minimum atomic E-state index is -0.600. The lowest BCUT2D eigenvalue weighted by molar-refractivity contribution is -0.0791. The third kappa shape index (κ3) is 5.76. The summed E-state index contributed by atoms with van der Waals surface area (Å²) >= 11 is 0. The number of methoxy groups -OCH3 is 1. The van der Waals surface area contributed by atoms with Crippen LogP contribution in [0.25, 0.3) is 0 Å². The van der Waals surface area contributed by atoms with Gasteiger partial charge in [-0.2, -0.15) is 0 Å². The second kappa shape index (κ2) is 6.01. The molecule has 1 unspecified atom stereocenters. The standard InChI is InChI=1S/C6H15NO2/c1-9-6(8)4-2-3-5-7/h6,8H,2-5,7H2,1H3. The van der Waals surface area contributed by atoms with Crippen LogP contribution in [0.15, 0.2) is 0 Å². The first-order valence-electron chi connectivity index (χ1n) is 3.22. The molecule has 0 aliphatic heterocycles. The summed E-state index contributed by atoms with van der Waals surface area (Å²) in [5, 5.41) is 8.82. The zero-order chi connectivity index (χ0) is 7.11. The molecular weight excluding hydrogens is 118 g/mol. The quantitative estimate of drug-likeness (QED) is 0.412. The van der Waals surface area contributed by atoms with Gasteiger partial charge in [-0.3, -0.25) is 0 Å². The van der Waals surface area contributed by atoms with Crippen LogP contribution in [0.3, 0.4) is 0 Å². The van der Waals surface area contributed by atoms with Crippen LogP contribution in [0.5, 0.6) is 0 Å². The maximum absolute atomic E-state index is 8.82. The summed E-state index contributed by atoms with van der Waals surface area (Å²) in [5.74, 6) is 0. The van der Waals surface area contributed by atoms with E-state index in [1.54, 1.807) is 0 Å². The van der Waals surface area contributed by atoms with Crippen molar-refractivity contribution in [3.05, 3.63) is 0 Å². The Kier molecular flexibility index (Phi) is 5.93. The van der Waals surface area contributed by atoms with E-state index in [2.05, 4.69) is 4.74 Å². The van der Waals surface area contributed by atoms with Gasteiger partial charge in [0.15, 0.2) is 6.29 Å². The van der Waals surface area contributed by atoms with Gasteiger partial charge in [0.2, 0.25) is 0 Å². The second-order valence-corrected chi connectivity index (χ2v) is 1.97. The molecule has 9 heavy (non-hydrogen) atoms. The molecular formula is C6H15NO2. The number of aliphatic hydroxyl groups excluding tert-OH is 1. The van der Waals surface area contributed by atoms with Crippen molar-refractivity contribution in [1.29, 1.82) is 0 Å². The van der Waals surface area contributed by atoms with Crippen LogP contribution in [-0.2, 0) is 4.74 Å². The topological polar surface area (TPSA) is 55.5 Å². The predicted molar refractivity (Wildman–Crippen MR) is 35.9 cm³/mol. The molecule has 0 aliphatic rings. The van der Waals surface area contributed by atoms with Gasteiger partial charge < -0.3 is 15.6 Å². The summed E-state index contributed by atoms with van der Waals surface area (Å²) in [7, 11) is 1.49. The van der Waals surface area contributed by atoms with E-state index in [4.69, 9.17) is 10.8 Å². The molecule has 0 heterocycles. The third-order valence-electron chi connectivity index (χ3n) is 1.18. The molecule has 3 heteroatoms. The highest BCUT2D eigenvalue weighted by Crippen LogP contribution is 1.98. The van der Waals surface area contributed by atoms with Crippen LogP contribution in [0.4, 0.5) is 0 Å². The fourth-order valence-corrected chi connectivity index (χ4v) is 0.581. The summed E-state index contributed by atoms with van der Waals surface area (Å²) in [6, 6.07) is 0. The predicted octanol–water partition coefficient (Wildman–Crippen LogP) is 0.0802. The van der Waals surface area contributed by atoms with Crippen molar-refractivity contribution in [2.75, 3.05) is 13.7 Å². The van der Waals surface area contributed by atoms with E-state index in [0.29, 0.717) is 13.0 Å². The summed E-state index contributed by atoms with van der Waals surface area (Å²) in [6.07, 6.45) is 1.98. The monoisotopic (exact) mass is 133 g/mol. The molecule has 0 aromatic carbocycles. The number of hydrogen-bond acceptors (Lipinski definition) is 3. The fraction of sp³-hybridized carbons (Fsp3) is 1.00. The van der Waals surface area contributed by atoms with Gasteiger partial charge in [0.05, 0.1) is 0 Å². The molecule has 0 radical (unpaired) electrons. The molecule has 56 valence electrons. The average molecular weight is 133 g/mol. The van der Waals surface area contributed by atoms with Gasteiger partial charge in [0.25, 0.3) is 0 Å². The molecule has 3 N–H and O–H groups in total. The van der Waals surface area contributed by atoms with E-state index < -0.39 is 6.29 Å². The van der Waals surface area contributed by atoms with Gasteiger partial charge in [-0.05, 0) is 25.8 Å². The minimum Gasteiger partial charge on any atom is -0.368 e. The van der Waals surface area contributed by atoms with Crippen LogP contribution in [0, 0.1) is 0 Å². The van der Waals surface area contributed by atoms with Crippen molar-refractivity contribution in [1.82, 2.24) is 0 Å². The average Bonchev–Trinajstić information content (AvgIpc) is 1.89. The van der Waals surface area contributed by atoms with Gasteiger partial charge >= 0.3 is 0 Å². The smallest absolute Gasteiger partial charge is 0.154 e. The molecule has 1 atom stereocenters. The van der Waals surface area contributed by atoms with Crippen molar-refractivity contribution in [2.24, 2.45) is 5.73 Å². The Balaban J connectivity index is 2.88. The van der Waals surface area contributed by atoms with Crippen molar-refractivity contribution in [3.8, 4) is 0 Å². The molecule has 0 fully saturated rings. The number of unbranched alkanes of at least 4 members (excludes halogenated alkanes) is 1. The number of ether oxygens (including phenoxy) is 1. The molecule has 3 nitrogen and oxygen atoms in total. The Morgan fingerprint density at radius 2 is 2.22 bits per heavy atom. The first-order chi connectivity index (χ1) is 4.31. The normalized spacial score (nSPS) is 13.7. The molecule has 0 aliphatic carbocycles. The third-order valence-corrected chi connectivity index (χ3v) is 1.18. The Hall–Kier alpha value is -0.120. The highest BCUT2D eigenvalue weighted by Gasteiger charge is 1.98. The highest BCUT2D eigenvalue weighted by atomic mass is 16.6. The number of aliphatic hydroxyl groups is 1. The first kappa shape index (κ1) is 8.88. The van der Waals surface area contributed by atoms with E-state index in [0.717, 1.165) is 12.8 Å². The molecule has 0 bridgehead atoms. The summed E-state index contributed by atoms with van der Waals surface area (Å²) in [5.41, 5.74) is 5.23. The van der Waals surface area contributed by atoms with E-state index in [1.165, 1.54) is 7.11 Å². The lowest BCUT2D eigenvalue weighted by atomic mass is 10.2. The molecule has 0 spiro atoms. The molecule has 0 rings (SSSR count). The van der Waals surface area contributed by atoms with Crippen LogP contribution < -0.4 is 5.73 Å². The Labute approximate surface area is 55.8 Å². The molecule has 0 amide bonds. The van der Waals surface area contributed by atoms with E-state index >= 15 is 0 Å². The van der Waals surface area contributed by atoms with Crippen LogP contribution in [0.1, 0.15) is 19.3 Å². The van der Waals surface area contributed by atoms with Gasteiger partial charge in [0, 0.05) is 7.11 Å². The largest absolute Gasteiger partial charge is 0.368 e. The summed E-state index contributed by atoms with van der Waals surface area (Å²) in [4.78, 5) is 0. The number of rotatable bonds is 5. The van der Waals surface area contributed by atoms with Crippen molar-refractivity contribution < 1.29 is 9.84 Å². The molecule has 0 saturated heterocycles. The zero-order valence-electron chi connectivity index (χ0n) is 5.84. The zero-order valence-corrected chi connectivity index (χ0v) is 5.84. The maximum Gasteiger partial charge on any atom is 0.154 e. The van der Waals surface area contributed by atoms with E-state index in [-0.39, 0.29) is 0 Å². The van der Waals surface area contributed by atoms with E-state index in [9.17, 15) is 0 Å². The maximum atomic E-state index is 8.82. The SMILES string of the molecule is COC(O)CCCCN. The lowest BCUT2D eigenvalue weighted by Crippen LogP contribution is -2.09. The Morgan fingerprint density at radius 1 is 1.56 bits per heavy atom. The van der Waals surface area contributed by atoms with Crippen molar-refractivity contribution in [2.45, 2.75) is 25.6 Å². The first-order valence-corrected chi connectivity index (χ1v) is 3.22. The Bertz CT molecular complexity index is 59.0. The highest BCUT2D eigenvalue weighted by molar-refractivity contribution is 4.43. The van der Waals surface area contributed by atoms with E-state index in [1.807, 2.05) is 0 Å². The van der Waals surface area contributed by atoms with Crippen LogP contribution >= 0.6 is 0 Å². The summed E-state index contributed by atoms with van der Waals surface area (Å²) < 4.78 is 4.61.